The third-order valence-electron chi connectivity index (χ3n) is 3.47. The largest absolute Gasteiger partial charge is 0.393 e. The molecule has 0 unspecified atom stereocenters. The fourth-order valence-electron chi connectivity index (χ4n) is 1.82. The summed E-state index contributed by atoms with van der Waals surface area (Å²) < 4.78 is 15.3. The van der Waals surface area contributed by atoms with Gasteiger partial charge < -0.3 is 5.11 Å². The van der Waals surface area contributed by atoms with Gasteiger partial charge in [-0.2, -0.15) is 0 Å². The Balaban J connectivity index is 2.94. The maximum absolute atomic E-state index is 12.4. The van der Waals surface area contributed by atoms with Crippen molar-refractivity contribution in [3.05, 3.63) is 35.9 Å². The summed E-state index contributed by atoms with van der Waals surface area (Å²) >= 11 is 0. The molecule has 1 aromatic rings. The first kappa shape index (κ1) is 18.3. The van der Waals surface area contributed by atoms with Gasteiger partial charge in [-0.15, -0.1) is 0 Å². The Bertz CT molecular complexity index is 460. The summed E-state index contributed by atoms with van der Waals surface area (Å²) in [6.07, 6.45) is 0.0715. The maximum Gasteiger partial charge on any atom is 0.0975 e. The topological polar surface area (TPSA) is 49.3 Å². The third-order valence-corrected chi connectivity index (χ3v) is 5.08. The van der Waals surface area contributed by atoms with Crippen molar-refractivity contribution in [1.29, 1.82) is 0 Å². The number of rotatable bonds is 5. The summed E-state index contributed by atoms with van der Waals surface area (Å²) in [5, 5.41) is 10.4. The van der Waals surface area contributed by atoms with E-state index in [1.165, 1.54) is 0 Å². The van der Waals surface area contributed by atoms with Gasteiger partial charge in [-0.1, -0.05) is 51.1 Å². The normalized spacial score (nSPS) is 17.3. The van der Waals surface area contributed by atoms with Gasteiger partial charge in [0.25, 0.3) is 0 Å². The second-order valence-corrected chi connectivity index (χ2v) is 9.58. The van der Waals surface area contributed by atoms with Crippen molar-refractivity contribution in [1.82, 2.24) is 4.72 Å². The van der Waals surface area contributed by atoms with E-state index >= 15 is 0 Å². The fraction of sp³-hybridized carbons (Fsp3) is 0.647. The average molecular weight is 311 g/mol. The molecule has 1 aromatic carbocycles. The molecule has 120 valence electrons. The Morgan fingerprint density at radius 2 is 1.62 bits per heavy atom. The fourth-order valence-corrected chi connectivity index (χ4v) is 2.66. The first-order chi connectivity index (χ1) is 9.51. The van der Waals surface area contributed by atoms with E-state index in [2.05, 4.69) is 4.72 Å². The van der Waals surface area contributed by atoms with Gasteiger partial charge in [-0.25, -0.2) is 8.93 Å². The zero-order valence-electron chi connectivity index (χ0n) is 14.0. The molecule has 0 spiro atoms. The second-order valence-electron chi connectivity index (χ2n) is 7.58. The van der Waals surface area contributed by atoms with Gasteiger partial charge in [-0.3, -0.25) is 0 Å². The van der Waals surface area contributed by atoms with E-state index in [1.54, 1.807) is 0 Å². The van der Waals surface area contributed by atoms with Crippen LogP contribution in [0.1, 0.15) is 59.6 Å². The molecule has 2 N–H and O–H groups in total. The van der Waals surface area contributed by atoms with E-state index in [9.17, 15) is 9.32 Å². The van der Waals surface area contributed by atoms with Gasteiger partial charge in [0.1, 0.15) is 0 Å². The molecule has 3 nitrogen and oxygen atoms in total. The van der Waals surface area contributed by atoms with Gasteiger partial charge in [0.2, 0.25) is 0 Å². The van der Waals surface area contributed by atoms with Crippen LogP contribution in [0.4, 0.5) is 0 Å². The van der Waals surface area contributed by atoms with Gasteiger partial charge in [0.05, 0.1) is 21.8 Å². The highest BCUT2D eigenvalue weighted by Crippen LogP contribution is 2.29. The van der Waals surface area contributed by atoms with E-state index in [1.807, 2.05) is 71.9 Å². The number of aliphatic hydroxyl groups is 1. The summed E-state index contributed by atoms with van der Waals surface area (Å²) in [4.78, 5) is 0. The predicted octanol–water partition coefficient (Wildman–Crippen LogP) is 3.58. The Labute approximate surface area is 131 Å². The van der Waals surface area contributed by atoms with Crippen LogP contribution in [0, 0.1) is 5.41 Å². The quantitative estimate of drug-likeness (QED) is 0.873. The second kappa shape index (κ2) is 7.03. The minimum atomic E-state index is -1.17. The van der Waals surface area contributed by atoms with Crippen LogP contribution < -0.4 is 4.72 Å². The van der Waals surface area contributed by atoms with E-state index < -0.39 is 17.1 Å². The molecule has 0 aliphatic rings. The molecule has 0 aliphatic heterocycles. The molecule has 0 heterocycles. The highest BCUT2D eigenvalue weighted by Gasteiger charge is 2.29. The van der Waals surface area contributed by atoms with Crippen molar-refractivity contribution in [3.63, 3.8) is 0 Å². The number of nitrogens with one attached hydrogen (secondary N) is 1. The van der Waals surface area contributed by atoms with Crippen LogP contribution in [-0.2, 0) is 11.0 Å². The Hall–Kier alpha value is -0.710. The molecule has 4 heteroatoms. The molecule has 0 radical (unpaired) electrons. The van der Waals surface area contributed by atoms with Crippen LogP contribution in [0.5, 0.6) is 0 Å². The minimum absolute atomic E-state index is 0.125. The molecule has 0 saturated carbocycles. The van der Waals surface area contributed by atoms with Gasteiger partial charge in [-0.05, 0) is 38.2 Å². The number of hydrogen-bond donors (Lipinski definition) is 2. The van der Waals surface area contributed by atoms with E-state index in [-0.39, 0.29) is 16.2 Å². The monoisotopic (exact) mass is 311 g/mol. The summed E-state index contributed by atoms with van der Waals surface area (Å²) in [6.45, 7) is 11.9. The van der Waals surface area contributed by atoms with Crippen molar-refractivity contribution in [2.24, 2.45) is 5.41 Å². The molecule has 0 aromatic heterocycles. The molecular formula is C17H29NO2S. The summed E-state index contributed by atoms with van der Waals surface area (Å²) in [5.74, 6) is 0. The van der Waals surface area contributed by atoms with Crippen molar-refractivity contribution in [3.8, 4) is 0 Å². The molecule has 0 aliphatic carbocycles. The van der Waals surface area contributed by atoms with Crippen LogP contribution >= 0.6 is 0 Å². The Morgan fingerprint density at radius 3 is 2.05 bits per heavy atom. The summed E-state index contributed by atoms with van der Waals surface area (Å²) in [7, 11) is -1.17. The Kier molecular flexibility index (Phi) is 6.14. The standard InChI is InChI=1S/C17H29NO2S/c1-16(2,3)15(19)12-14(13-10-8-7-9-11-13)18-21(20)17(4,5)6/h7-11,14-15,18-19H,12H2,1-6H3/t14-,15+,21-/m1/s1. The number of benzene rings is 1. The van der Waals surface area contributed by atoms with E-state index in [4.69, 9.17) is 0 Å². The highest BCUT2D eigenvalue weighted by atomic mass is 32.2. The predicted molar refractivity (Wildman–Crippen MR) is 90.3 cm³/mol. The van der Waals surface area contributed by atoms with Crippen LogP contribution in [-0.4, -0.2) is 20.2 Å². The van der Waals surface area contributed by atoms with Gasteiger partial charge in [0, 0.05) is 6.04 Å². The minimum Gasteiger partial charge on any atom is -0.393 e. The first-order valence-corrected chi connectivity index (χ1v) is 8.58. The Morgan fingerprint density at radius 1 is 1.10 bits per heavy atom. The van der Waals surface area contributed by atoms with Gasteiger partial charge in [0.15, 0.2) is 0 Å². The highest BCUT2D eigenvalue weighted by molar-refractivity contribution is 7.84. The lowest BCUT2D eigenvalue weighted by Gasteiger charge is -2.31. The van der Waals surface area contributed by atoms with Crippen LogP contribution in [0.3, 0.4) is 0 Å². The van der Waals surface area contributed by atoms with Crippen LogP contribution in [0.15, 0.2) is 30.3 Å². The molecule has 1 rings (SSSR count). The maximum atomic E-state index is 12.4. The lowest BCUT2D eigenvalue weighted by molar-refractivity contribution is 0.0484. The third kappa shape index (κ3) is 5.89. The van der Waals surface area contributed by atoms with Gasteiger partial charge >= 0.3 is 0 Å². The average Bonchev–Trinajstić information content (AvgIpc) is 2.36. The van der Waals surface area contributed by atoms with Crippen molar-refractivity contribution in [2.75, 3.05) is 0 Å². The SMILES string of the molecule is CC(C)(C)[C@@H](O)C[C@@H](N[S@](=O)C(C)(C)C)c1ccccc1. The number of aliphatic hydroxyl groups excluding tert-OH is 1. The van der Waals surface area contributed by atoms with E-state index in [0.717, 1.165) is 5.56 Å². The van der Waals surface area contributed by atoms with Crippen molar-refractivity contribution < 1.29 is 9.32 Å². The zero-order valence-corrected chi connectivity index (χ0v) is 14.8. The van der Waals surface area contributed by atoms with E-state index in [0.29, 0.717) is 6.42 Å². The molecule has 0 amide bonds. The molecule has 0 bridgehead atoms. The molecule has 0 fully saturated rings. The molecule has 3 atom stereocenters. The van der Waals surface area contributed by atoms with Crippen molar-refractivity contribution >= 4 is 11.0 Å². The molecular weight excluding hydrogens is 282 g/mol. The molecule has 0 saturated heterocycles. The van der Waals surface area contributed by atoms with Crippen LogP contribution in [0.25, 0.3) is 0 Å². The summed E-state index contributed by atoms with van der Waals surface area (Å²) in [5.41, 5.74) is 0.858. The lowest BCUT2D eigenvalue weighted by atomic mass is 9.84. The smallest absolute Gasteiger partial charge is 0.0975 e. The number of hydrogen-bond acceptors (Lipinski definition) is 2. The van der Waals surface area contributed by atoms with Crippen LogP contribution in [0.2, 0.25) is 0 Å². The zero-order chi connectivity index (χ0) is 16.3. The first-order valence-electron chi connectivity index (χ1n) is 7.43. The molecule has 21 heavy (non-hydrogen) atoms. The lowest BCUT2D eigenvalue weighted by Crippen LogP contribution is -2.38. The summed E-state index contributed by atoms with van der Waals surface area (Å²) in [6, 6.07) is 9.78. The van der Waals surface area contributed by atoms with Crippen molar-refractivity contribution in [2.45, 2.75) is 64.9 Å².